The Morgan fingerprint density at radius 2 is 1.70 bits per heavy atom. The minimum atomic E-state index is -4.93. The Labute approximate surface area is 264 Å². The van der Waals surface area contributed by atoms with E-state index in [0.29, 0.717) is 5.75 Å². The fraction of sp³-hybridized carbons (Fsp3) is 0.613. The Hall–Kier alpha value is -2.79. The van der Waals surface area contributed by atoms with Gasteiger partial charge in [-0.3, -0.25) is 19.1 Å². The summed E-state index contributed by atoms with van der Waals surface area (Å²) in [4.78, 5) is 40.4. The Bertz CT molecular complexity index is 1390. The van der Waals surface area contributed by atoms with Crippen LogP contribution in [-0.2, 0) is 11.0 Å². The topological polar surface area (TPSA) is 102 Å². The number of carbonyl (C=O) groups is 3. The maximum atomic E-state index is 14.6. The third kappa shape index (κ3) is 7.36. The lowest BCUT2D eigenvalue weighted by atomic mass is 9.72. The fourth-order valence-electron chi connectivity index (χ4n) is 6.67. The molecule has 242 valence electrons. The number of rotatable bonds is 9. The summed E-state index contributed by atoms with van der Waals surface area (Å²) in [6, 6.07) is 2.08. The van der Waals surface area contributed by atoms with Crippen LogP contribution in [0.5, 0.6) is 5.75 Å². The Morgan fingerprint density at radius 1 is 1.09 bits per heavy atom. The number of amides is 1. The molecule has 0 spiro atoms. The number of benzene rings is 1. The van der Waals surface area contributed by atoms with E-state index in [9.17, 15) is 32.7 Å². The number of methoxy groups -OCH3 is 1. The van der Waals surface area contributed by atoms with Crippen molar-refractivity contribution < 1.29 is 37.4 Å². The van der Waals surface area contributed by atoms with Gasteiger partial charge in [0.2, 0.25) is 0 Å². The van der Waals surface area contributed by atoms with Gasteiger partial charge in [-0.05, 0) is 75.3 Å². The number of halogens is 5. The highest BCUT2D eigenvalue weighted by Gasteiger charge is 2.45. The van der Waals surface area contributed by atoms with Gasteiger partial charge >= 0.3 is 12.1 Å². The number of ketones is 1. The van der Waals surface area contributed by atoms with Gasteiger partial charge in [-0.2, -0.15) is 18.3 Å². The van der Waals surface area contributed by atoms with E-state index in [0.717, 1.165) is 41.5 Å². The minimum absolute atomic E-state index is 0.00000761. The molecule has 13 heteroatoms. The third-order valence-corrected chi connectivity index (χ3v) is 9.75. The summed E-state index contributed by atoms with van der Waals surface area (Å²) in [7, 11) is 1.41. The number of carboxylic acids is 1. The second-order valence-corrected chi connectivity index (χ2v) is 14.0. The van der Waals surface area contributed by atoms with E-state index >= 15 is 0 Å². The summed E-state index contributed by atoms with van der Waals surface area (Å²) < 4.78 is 49.8. The summed E-state index contributed by atoms with van der Waals surface area (Å²) in [5.74, 6) is -2.29. The molecule has 1 heterocycles. The van der Waals surface area contributed by atoms with Crippen molar-refractivity contribution in [1.29, 1.82) is 0 Å². The summed E-state index contributed by atoms with van der Waals surface area (Å²) in [6.45, 7) is 5.33. The van der Waals surface area contributed by atoms with Crippen LogP contribution in [0, 0.1) is 16.7 Å². The molecule has 4 rings (SSSR count). The first kappa shape index (κ1) is 34.1. The predicted molar refractivity (Wildman–Crippen MR) is 159 cm³/mol. The molecule has 1 unspecified atom stereocenters. The van der Waals surface area contributed by atoms with E-state index in [-0.39, 0.29) is 59.2 Å². The average molecular weight is 661 g/mol. The highest BCUT2D eigenvalue weighted by Crippen LogP contribution is 2.44. The van der Waals surface area contributed by atoms with E-state index in [1.54, 1.807) is 6.92 Å². The van der Waals surface area contributed by atoms with Crippen molar-refractivity contribution >= 4 is 40.9 Å². The third-order valence-electron chi connectivity index (χ3n) is 9.15. The van der Waals surface area contributed by atoms with Gasteiger partial charge in [-0.25, -0.2) is 0 Å². The average Bonchev–Trinajstić information content (AvgIpc) is 3.37. The van der Waals surface area contributed by atoms with Crippen LogP contribution < -0.4 is 4.74 Å². The number of aromatic nitrogens is 2. The maximum Gasteiger partial charge on any atom is 0.433 e. The number of nitrogens with zero attached hydrogens (tertiary/aromatic N) is 3. The minimum Gasteiger partial charge on any atom is -0.497 e. The molecule has 2 aromatic rings. The summed E-state index contributed by atoms with van der Waals surface area (Å²) in [5.41, 5.74) is -2.95. The van der Waals surface area contributed by atoms with Crippen molar-refractivity contribution in [2.75, 3.05) is 20.2 Å². The number of hydrogen-bond acceptors (Lipinski definition) is 5. The fourth-order valence-corrected chi connectivity index (χ4v) is 7.35. The van der Waals surface area contributed by atoms with Crippen molar-refractivity contribution in [1.82, 2.24) is 14.7 Å². The van der Waals surface area contributed by atoms with Crippen LogP contribution in [0.15, 0.2) is 18.3 Å². The molecular weight excluding hydrogens is 622 g/mol. The number of aliphatic carboxylic acids is 1. The number of Topliss-reactive ketones (excluding diaryl/α,β-unsaturated/α-hetero) is 1. The van der Waals surface area contributed by atoms with Gasteiger partial charge in [0.15, 0.2) is 11.5 Å². The number of ether oxygens (including phenoxy) is 1. The van der Waals surface area contributed by atoms with E-state index < -0.39 is 53.1 Å². The number of carboxylic acid groups (broad SMARTS) is 1. The van der Waals surface area contributed by atoms with Gasteiger partial charge in [-0.1, -0.05) is 43.5 Å². The van der Waals surface area contributed by atoms with Crippen LogP contribution >= 0.6 is 23.2 Å². The second-order valence-electron chi connectivity index (χ2n) is 13.1. The zero-order valence-corrected chi connectivity index (χ0v) is 26.8. The number of carbonyl (C=O) groups excluding carboxylic acids is 2. The highest BCUT2D eigenvalue weighted by molar-refractivity contribution is 6.40. The SMILES string of the molecule is COc1cc(Cl)c(C(=O)CN(CC2CCCC(C)(C)C2)C(=O)c2cnn(C3CCC(C)(C(=O)O)CC3)c2C(F)(F)F)c(Cl)c1. The van der Waals surface area contributed by atoms with E-state index in [2.05, 4.69) is 18.9 Å². The second kappa shape index (κ2) is 12.9. The molecule has 2 aliphatic carbocycles. The molecule has 1 aromatic carbocycles. The van der Waals surface area contributed by atoms with Crippen LogP contribution in [0.25, 0.3) is 0 Å². The summed E-state index contributed by atoms with van der Waals surface area (Å²) in [5, 5.41) is 13.6. The van der Waals surface area contributed by atoms with Crippen molar-refractivity contribution in [3.05, 3.63) is 45.2 Å². The highest BCUT2D eigenvalue weighted by atomic mass is 35.5. The van der Waals surface area contributed by atoms with Gasteiger partial charge in [0.1, 0.15) is 5.75 Å². The molecule has 0 radical (unpaired) electrons. The van der Waals surface area contributed by atoms with Crippen molar-refractivity contribution in [2.45, 2.75) is 84.4 Å². The van der Waals surface area contributed by atoms with Gasteiger partial charge in [0.25, 0.3) is 5.91 Å². The smallest absolute Gasteiger partial charge is 0.433 e. The number of hydrogen-bond donors (Lipinski definition) is 1. The van der Waals surface area contributed by atoms with Crippen LogP contribution in [0.4, 0.5) is 13.2 Å². The Balaban J connectivity index is 1.69. The van der Waals surface area contributed by atoms with E-state index in [4.69, 9.17) is 27.9 Å². The molecular formula is C31H38Cl2F3N3O5. The van der Waals surface area contributed by atoms with Crippen LogP contribution in [0.3, 0.4) is 0 Å². The van der Waals surface area contributed by atoms with Crippen molar-refractivity contribution in [3.8, 4) is 5.75 Å². The number of alkyl halides is 3. The van der Waals surface area contributed by atoms with Gasteiger partial charge in [0.05, 0.1) is 52.5 Å². The quantitative estimate of drug-likeness (QED) is 0.274. The molecule has 2 saturated carbocycles. The molecule has 8 nitrogen and oxygen atoms in total. The summed E-state index contributed by atoms with van der Waals surface area (Å²) >= 11 is 12.7. The molecule has 2 fully saturated rings. The Kier molecular flexibility index (Phi) is 10.00. The predicted octanol–water partition coefficient (Wildman–Crippen LogP) is 7.96. The molecule has 1 aromatic heterocycles. The van der Waals surface area contributed by atoms with Gasteiger partial charge in [0, 0.05) is 6.54 Å². The first-order valence-electron chi connectivity index (χ1n) is 14.7. The lowest BCUT2D eigenvalue weighted by Gasteiger charge is -2.37. The van der Waals surface area contributed by atoms with E-state index in [1.807, 2.05) is 0 Å². The summed E-state index contributed by atoms with van der Waals surface area (Å²) in [6.07, 6.45) is 0.0407. The molecule has 1 atom stereocenters. The van der Waals surface area contributed by atoms with Crippen molar-refractivity contribution in [2.24, 2.45) is 16.7 Å². The van der Waals surface area contributed by atoms with Crippen molar-refractivity contribution in [3.63, 3.8) is 0 Å². The molecule has 44 heavy (non-hydrogen) atoms. The van der Waals surface area contributed by atoms with Crippen LogP contribution in [-0.4, -0.2) is 57.6 Å². The standard InChI is InChI=1S/C31H38Cl2F3N3O5/c1-29(2)9-5-6-18(14-29)16-38(17-24(40)25-22(32)12-20(44-4)13-23(25)33)27(41)21-15-37-39(26(21)31(34,35)36)19-7-10-30(3,11-8-19)28(42)43/h12-13,15,18-19H,5-11,14,16-17H2,1-4H3,(H,42,43). The molecule has 0 bridgehead atoms. The molecule has 1 amide bonds. The largest absolute Gasteiger partial charge is 0.497 e. The lowest BCUT2D eigenvalue weighted by Crippen LogP contribution is -2.42. The first-order valence-corrected chi connectivity index (χ1v) is 15.4. The Morgan fingerprint density at radius 3 is 2.23 bits per heavy atom. The lowest BCUT2D eigenvalue weighted by molar-refractivity contribution is -0.152. The molecule has 1 N–H and O–H groups in total. The van der Waals surface area contributed by atoms with Gasteiger partial charge in [-0.15, -0.1) is 0 Å². The van der Waals surface area contributed by atoms with E-state index in [1.165, 1.54) is 19.2 Å². The first-order chi connectivity index (χ1) is 20.5. The van der Waals surface area contributed by atoms with Gasteiger partial charge < -0.3 is 14.7 Å². The normalized spacial score (nSPS) is 23.7. The van der Waals surface area contributed by atoms with Crippen LogP contribution in [0.2, 0.25) is 10.0 Å². The zero-order valence-electron chi connectivity index (χ0n) is 25.3. The zero-order chi connectivity index (χ0) is 32.6. The monoisotopic (exact) mass is 659 g/mol. The maximum absolute atomic E-state index is 14.6. The molecule has 0 saturated heterocycles. The molecule has 0 aliphatic heterocycles. The van der Waals surface area contributed by atoms with Crippen LogP contribution in [0.1, 0.15) is 105 Å². The molecule has 2 aliphatic rings.